The Morgan fingerprint density at radius 2 is 2.00 bits per heavy atom. The molecule has 1 saturated heterocycles. The summed E-state index contributed by atoms with van der Waals surface area (Å²) in [7, 11) is 1.62. The lowest BCUT2D eigenvalue weighted by molar-refractivity contribution is -0.140. The average Bonchev–Trinajstić information content (AvgIpc) is 2.97. The van der Waals surface area contributed by atoms with Crippen molar-refractivity contribution in [2.45, 2.75) is 50.7 Å². The number of carbonyl (C=O) groups is 2. The highest BCUT2D eigenvalue weighted by molar-refractivity contribution is 5.78. The van der Waals surface area contributed by atoms with Gasteiger partial charge in [-0.1, -0.05) is 24.3 Å². The van der Waals surface area contributed by atoms with E-state index >= 15 is 0 Å². The summed E-state index contributed by atoms with van der Waals surface area (Å²) in [5.41, 5.74) is 2.74. The first-order chi connectivity index (χ1) is 11.6. The van der Waals surface area contributed by atoms with Gasteiger partial charge in [0.25, 0.3) is 0 Å². The Morgan fingerprint density at radius 1 is 1.25 bits per heavy atom. The molecule has 1 aromatic carbocycles. The summed E-state index contributed by atoms with van der Waals surface area (Å²) in [5.74, 6) is -0.439. The molecule has 0 bridgehead atoms. The molecule has 1 fully saturated rings. The van der Waals surface area contributed by atoms with E-state index in [4.69, 9.17) is 9.84 Å². The first kappa shape index (κ1) is 17.0. The first-order valence-electron chi connectivity index (χ1n) is 8.67. The maximum Gasteiger partial charge on any atom is 0.305 e. The smallest absolute Gasteiger partial charge is 0.305 e. The SMILES string of the molecule is COC1CC(CC(=O)O)N(C(=O)CC2CCc3ccccc3C2)C1. The molecule has 3 atom stereocenters. The number of methoxy groups -OCH3 is 1. The normalized spacial score (nSPS) is 26.2. The van der Waals surface area contributed by atoms with Crippen LogP contribution in [0.5, 0.6) is 0 Å². The Labute approximate surface area is 142 Å². The summed E-state index contributed by atoms with van der Waals surface area (Å²) in [5, 5.41) is 9.08. The van der Waals surface area contributed by atoms with Gasteiger partial charge in [0.05, 0.1) is 12.5 Å². The number of hydrogen-bond donors (Lipinski definition) is 1. The number of carbonyl (C=O) groups excluding carboxylic acids is 1. The fourth-order valence-corrected chi connectivity index (χ4v) is 4.06. The van der Waals surface area contributed by atoms with E-state index in [1.807, 2.05) is 0 Å². The van der Waals surface area contributed by atoms with Gasteiger partial charge < -0.3 is 14.7 Å². The number of benzene rings is 1. The third-order valence-electron chi connectivity index (χ3n) is 5.35. The Morgan fingerprint density at radius 3 is 2.71 bits per heavy atom. The second kappa shape index (κ2) is 7.34. The summed E-state index contributed by atoms with van der Waals surface area (Å²) < 4.78 is 5.35. The molecule has 1 N–H and O–H groups in total. The molecule has 0 radical (unpaired) electrons. The Balaban J connectivity index is 1.62. The lowest BCUT2D eigenvalue weighted by atomic mass is 9.82. The van der Waals surface area contributed by atoms with Gasteiger partial charge in [0, 0.05) is 26.1 Å². The minimum absolute atomic E-state index is 0.000893. The van der Waals surface area contributed by atoms with Gasteiger partial charge in [-0.05, 0) is 42.7 Å². The minimum atomic E-state index is -0.860. The van der Waals surface area contributed by atoms with Gasteiger partial charge in [0.1, 0.15) is 0 Å². The highest BCUT2D eigenvalue weighted by atomic mass is 16.5. The molecular weight excluding hydrogens is 306 g/mol. The second-order valence-electron chi connectivity index (χ2n) is 6.97. The van der Waals surface area contributed by atoms with Crippen molar-refractivity contribution < 1.29 is 19.4 Å². The van der Waals surface area contributed by atoms with Crippen molar-refractivity contribution in [3.63, 3.8) is 0 Å². The molecule has 1 aliphatic carbocycles. The zero-order chi connectivity index (χ0) is 17.1. The van der Waals surface area contributed by atoms with Crippen LogP contribution in [0.1, 0.15) is 36.8 Å². The van der Waals surface area contributed by atoms with E-state index < -0.39 is 5.97 Å². The molecule has 3 rings (SSSR count). The third-order valence-corrected chi connectivity index (χ3v) is 5.35. The van der Waals surface area contributed by atoms with Gasteiger partial charge >= 0.3 is 5.97 Å². The number of fused-ring (bicyclic) bond motifs is 1. The van der Waals surface area contributed by atoms with Gasteiger partial charge in [-0.3, -0.25) is 9.59 Å². The van der Waals surface area contributed by atoms with E-state index in [9.17, 15) is 9.59 Å². The number of hydrogen-bond acceptors (Lipinski definition) is 3. The number of amides is 1. The number of aliphatic carboxylic acids is 1. The highest BCUT2D eigenvalue weighted by Gasteiger charge is 2.37. The maximum atomic E-state index is 12.8. The van der Waals surface area contributed by atoms with E-state index in [-0.39, 0.29) is 24.5 Å². The van der Waals surface area contributed by atoms with Crippen LogP contribution in [0.3, 0.4) is 0 Å². The fraction of sp³-hybridized carbons (Fsp3) is 0.579. The molecule has 1 amide bonds. The third kappa shape index (κ3) is 3.78. The predicted molar refractivity (Wildman–Crippen MR) is 89.7 cm³/mol. The average molecular weight is 331 g/mol. The molecule has 24 heavy (non-hydrogen) atoms. The molecule has 0 saturated carbocycles. The van der Waals surface area contributed by atoms with Crippen LogP contribution in [0.25, 0.3) is 0 Å². The minimum Gasteiger partial charge on any atom is -0.481 e. The monoisotopic (exact) mass is 331 g/mol. The molecule has 1 aromatic rings. The van der Waals surface area contributed by atoms with Crippen molar-refractivity contribution in [2.75, 3.05) is 13.7 Å². The Bertz CT molecular complexity index is 615. The van der Waals surface area contributed by atoms with Crippen LogP contribution in [0.4, 0.5) is 0 Å². The van der Waals surface area contributed by atoms with E-state index in [2.05, 4.69) is 24.3 Å². The highest BCUT2D eigenvalue weighted by Crippen LogP contribution is 2.30. The number of likely N-dealkylation sites (tertiary alicyclic amines) is 1. The standard InChI is InChI=1S/C19H25NO4/c1-24-17-10-16(11-19(22)23)20(12-17)18(21)9-13-6-7-14-4-2-3-5-15(14)8-13/h2-5,13,16-17H,6-12H2,1H3,(H,22,23). The van der Waals surface area contributed by atoms with Crippen molar-refractivity contribution >= 4 is 11.9 Å². The topological polar surface area (TPSA) is 66.8 Å². The van der Waals surface area contributed by atoms with Crippen LogP contribution in [0.2, 0.25) is 0 Å². The van der Waals surface area contributed by atoms with E-state index in [0.717, 1.165) is 19.3 Å². The number of nitrogens with zero attached hydrogens (tertiary/aromatic N) is 1. The molecule has 2 aliphatic rings. The Hall–Kier alpha value is -1.88. The lowest BCUT2D eigenvalue weighted by Crippen LogP contribution is -2.38. The van der Waals surface area contributed by atoms with Crippen LogP contribution in [0, 0.1) is 5.92 Å². The molecule has 0 aromatic heterocycles. The molecule has 1 aliphatic heterocycles. The quantitative estimate of drug-likeness (QED) is 0.899. The van der Waals surface area contributed by atoms with Crippen molar-refractivity contribution in [3.8, 4) is 0 Å². The van der Waals surface area contributed by atoms with Crippen LogP contribution in [0.15, 0.2) is 24.3 Å². The fourth-order valence-electron chi connectivity index (χ4n) is 4.06. The predicted octanol–water partition coefficient (Wildman–Crippen LogP) is 2.27. The van der Waals surface area contributed by atoms with Gasteiger partial charge in [0.15, 0.2) is 0 Å². The van der Waals surface area contributed by atoms with Gasteiger partial charge in [-0.25, -0.2) is 0 Å². The largest absolute Gasteiger partial charge is 0.481 e. The molecule has 0 spiro atoms. The first-order valence-corrected chi connectivity index (χ1v) is 8.67. The van der Waals surface area contributed by atoms with E-state index in [0.29, 0.717) is 25.3 Å². The number of carboxylic acid groups (broad SMARTS) is 1. The molecule has 130 valence electrons. The zero-order valence-electron chi connectivity index (χ0n) is 14.1. The van der Waals surface area contributed by atoms with Crippen LogP contribution in [-0.2, 0) is 27.2 Å². The second-order valence-corrected chi connectivity index (χ2v) is 6.97. The number of rotatable bonds is 5. The van der Waals surface area contributed by atoms with E-state index in [1.54, 1.807) is 12.0 Å². The Kier molecular flexibility index (Phi) is 5.19. The van der Waals surface area contributed by atoms with Crippen molar-refractivity contribution in [2.24, 2.45) is 5.92 Å². The van der Waals surface area contributed by atoms with E-state index in [1.165, 1.54) is 11.1 Å². The summed E-state index contributed by atoms with van der Waals surface area (Å²) in [6, 6.07) is 8.19. The van der Waals surface area contributed by atoms with Crippen molar-refractivity contribution in [1.82, 2.24) is 4.90 Å². The van der Waals surface area contributed by atoms with Crippen LogP contribution >= 0.6 is 0 Å². The summed E-state index contributed by atoms with van der Waals surface area (Å²) in [6.45, 7) is 0.511. The molecule has 5 nitrogen and oxygen atoms in total. The van der Waals surface area contributed by atoms with Gasteiger partial charge in [0.2, 0.25) is 5.91 Å². The molecule has 5 heteroatoms. The van der Waals surface area contributed by atoms with Crippen LogP contribution in [-0.4, -0.2) is 47.7 Å². The van der Waals surface area contributed by atoms with Gasteiger partial charge in [-0.2, -0.15) is 0 Å². The zero-order valence-corrected chi connectivity index (χ0v) is 14.1. The van der Waals surface area contributed by atoms with Crippen LogP contribution < -0.4 is 0 Å². The number of aryl methyl sites for hydroxylation is 1. The summed E-state index contributed by atoms with van der Waals surface area (Å²) >= 11 is 0. The van der Waals surface area contributed by atoms with Crippen molar-refractivity contribution in [1.29, 1.82) is 0 Å². The number of carboxylic acids is 1. The molecule has 3 unspecified atom stereocenters. The lowest BCUT2D eigenvalue weighted by Gasteiger charge is -2.28. The maximum absolute atomic E-state index is 12.8. The number of ether oxygens (including phenoxy) is 1. The van der Waals surface area contributed by atoms with Crippen molar-refractivity contribution in [3.05, 3.63) is 35.4 Å². The molecular formula is C19H25NO4. The van der Waals surface area contributed by atoms with Gasteiger partial charge in [-0.15, -0.1) is 0 Å². The summed E-state index contributed by atoms with van der Waals surface area (Å²) in [6.07, 6.45) is 4.04. The molecule has 1 heterocycles. The summed E-state index contributed by atoms with van der Waals surface area (Å²) in [4.78, 5) is 25.6.